The van der Waals surface area contributed by atoms with Crippen molar-refractivity contribution in [3.63, 3.8) is 0 Å². The first-order valence-corrected chi connectivity index (χ1v) is 4.98. The van der Waals surface area contributed by atoms with Crippen molar-refractivity contribution < 1.29 is 0 Å². The fourth-order valence-electron chi connectivity index (χ4n) is 1.62. The molecule has 0 nitrogen and oxygen atoms in total. The largest absolute Gasteiger partial charge is 0.115 e. The van der Waals surface area contributed by atoms with Crippen LogP contribution in [0.3, 0.4) is 0 Å². The molecule has 74 valence electrons. The van der Waals surface area contributed by atoms with E-state index < -0.39 is 0 Å². The standard InChI is InChI=1S/C16H10/c1-3-13-10-11-14(4-2)16(12-13)15-8-6-5-7-9-15/h1-2,5-12H. The van der Waals surface area contributed by atoms with Gasteiger partial charge in [-0.2, -0.15) is 0 Å². The molecule has 2 aromatic carbocycles. The van der Waals surface area contributed by atoms with Crippen molar-refractivity contribution in [1.29, 1.82) is 0 Å². The van der Waals surface area contributed by atoms with Gasteiger partial charge < -0.3 is 0 Å². The van der Waals surface area contributed by atoms with Crippen LogP contribution >= 0.6 is 0 Å². The summed E-state index contributed by atoms with van der Waals surface area (Å²) in [4.78, 5) is 0. The van der Waals surface area contributed by atoms with E-state index in [4.69, 9.17) is 12.8 Å². The fourth-order valence-corrected chi connectivity index (χ4v) is 1.62. The molecule has 0 aliphatic rings. The highest BCUT2D eigenvalue weighted by atomic mass is 14.1. The SMILES string of the molecule is C#Cc1ccc(C#C)c(-c2ccccc2)c1. The van der Waals surface area contributed by atoms with Gasteiger partial charge in [-0.25, -0.2) is 0 Å². The van der Waals surface area contributed by atoms with Crippen LogP contribution in [0, 0.1) is 24.7 Å². The highest BCUT2D eigenvalue weighted by molar-refractivity contribution is 5.72. The highest BCUT2D eigenvalue weighted by Crippen LogP contribution is 2.24. The van der Waals surface area contributed by atoms with Crippen molar-refractivity contribution in [2.45, 2.75) is 0 Å². The zero-order chi connectivity index (χ0) is 11.4. The van der Waals surface area contributed by atoms with Crippen molar-refractivity contribution in [2.24, 2.45) is 0 Å². The molecule has 0 radical (unpaired) electrons. The molecule has 0 saturated carbocycles. The molecule has 2 rings (SSSR count). The molecule has 0 aliphatic carbocycles. The monoisotopic (exact) mass is 202 g/mol. The van der Waals surface area contributed by atoms with E-state index in [1.807, 2.05) is 48.5 Å². The van der Waals surface area contributed by atoms with Gasteiger partial charge >= 0.3 is 0 Å². The van der Waals surface area contributed by atoms with Crippen LogP contribution in [-0.4, -0.2) is 0 Å². The number of benzene rings is 2. The maximum absolute atomic E-state index is 5.48. The Bertz CT molecular complexity index is 578. The second kappa shape index (κ2) is 4.39. The van der Waals surface area contributed by atoms with E-state index in [1.54, 1.807) is 0 Å². The summed E-state index contributed by atoms with van der Waals surface area (Å²) in [5, 5.41) is 0. The zero-order valence-electron chi connectivity index (χ0n) is 8.77. The fraction of sp³-hybridized carbons (Fsp3) is 0. The summed E-state index contributed by atoms with van der Waals surface area (Å²) >= 11 is 0. The summed E-state index contributed by atoms with van der Waals surface area (Å²) < 4.78 is 0. The van der Waals surface area contributed by atoms with Gasteiger partial charge in [0.25, 0.3) is 0 Å². The molecule has 0 N–H and O–H groups in total. The van der Waals surface area contributed by atoms with E-state index in [1.165, 1.54) is 0 Å². The van der Waals surface area contributed by atoms with Gasteiger partial charge in [0, 0.05) is 11.1 Å². The van der Waals surface area contributed by atoms with Crippen LogP contribution in [0.2, 0.25) is 0 Å². The van der Waals surface area contributed by atoms with Crippen LogP contribution in [0.4, 0.5) is 0 Å². The van der Waals surface area contributed by atoms with E-state index in [2.05, 4.69) is 11.8 Å². The maximum Gasteiger partial charge on any atom is 0.0321 e. The average Bonchev–Trinajstić information content (AvgIpc) is 2.39. The lowest BCUT2D eigenvalue weighted by atomic mass is 9.98. The Morgan fingerprint density at radius 2 is 1.56 bits per heavy atom. The topological polar surface area (TPSA) is 0 Å². The average molecular weight is 202 g/mol. The van der Waals surface area contributed by atoms with Gasteiger partial charge in [0.2, 0.25) is 0 Å². The van der Waals surface area contributed by atoms with Gasteiger partial charge in [0.1, 0.15) is 0 Å². The van der Waals surface area contributed by atoms with E-state index in [-0.39, 0.29) is 0 Å². The lowest BCUT2D eigenvalue weighted by molar-refractivity contribution is 1.56. The second-order valence-corrected chi connectivity index (χ2v) is 3.42. The molecule has 0 heterocycles. The first-order chi connectivity index (χ1) is 7.85. The summed E-state index contributed by atoms with van der Waals surface area (Å²) in [6, 6.07) is 15.7. The lowest BCUT2D eigenvalue weighted by Crippen LogP contribution is -1.85. The third kappa shape index (κ3) is 1.83. The summed E-state index contributed by atoms with van der Waals surface area (Å²) in [6.45, 7) is 0. The Hall–Kier alpha value is -2.44. The molecule has 0 atom stereocenters. The van der Waals surface area contributed by atoms with Crippen molar-refractivity contribution in [2.75, 3.05) is 0 Å². The predicted molar refractivity (Wildman–Crippen MR) is 67.7 cm³/mol. The Morgan fingerprint density at radius 3 is 2.19 bits per heavy atom. The second-order valence-electron chi connectivity index (χ2n) is 3.42. The first kappa shape index (κ1) is 10.1. The molecule has 0 aromatic heterocycles. The van der Waals surface area contributed by atoms with Crippen molar-refractivity contribution in [1.82, 2.24) is 0 Å². The molecule has 0 bridgehead atoms. The Balaban J connectivity index is 2.65. The molecular formula is C16H10. The molecule has 0 amide bonds. The van der Waals surface area contributed by atoms with Crippen molar-refractivity contribution in [3.8, 4) is 35.8 Å². The van der Waals surface area contributed by atoms with Crippen molar-refractivity contribution >= 4 is 0 Å². The smallest absolute Gasteiger partial charge is 0.0321 e. The minimum Gasteiger partial charge on any atom is -0.115 e. The summed E-state index contributed by atoms with van der Waals surface area (Å²) in [6.07, 6.45) is 10.9. The molecule has 2 aromatic rings. The molecule has 0 unspecified atom stereocenters. The number of hydrogen-bond acceptors (Lipinski definition) is 0. The minimum atomic E-state index is 0.845. The van der Waals surface area contributed by atoms with Gasteiger partial charge in [0.15, 0.2) is 0 Å². The molecule has 0 heteroatoms. The molecule has 0 fully saturated rings. The summed E-state index contributed by atoms with van der Waals surface area (Å²) in [5.74, 6) is 5.30. The van der Waals surface area contributed by atoms with Crippen LogP contribution in [-0.2, 0) is 0 Å². The van der Waals surface area contributed by atoms with E-state index in [0.717, 1.165) is 22.3 Å². The van der Waals surface area contributed by atoms with Crippen LogP contribution in [0.1, 0.15) is 11.1 Å². The van der Waals surface area contributed by atoms with Crippen LogP contribution in [0.25, 0.3) is 11.1 Å². The van der Waals surface area contributed by atoms with Crippen LogP contribution < -0.4 is 0 Å². The molecule has 16 heavy (non-hydrogen) atoms. The molecule has 0 saturated heterocycles. The zero-order valence-corrected chi connectivity index (χ0v) is 8.77. The Labute approximate surface area is 95.9 Å². The van der Waals surface area contributed by atoms with Gasteiger partial charge in [-0.3, -0.25) is 0 Å². The van der Waals surface area contributed by atoms with Gasteiger partial charge in [0.05, 0.1) is 0 Å². The third-order valence-corrected chi connectivity index (χ3v) is 2.43. The molecule has 0 aliphatic heterocycles. The van der Waals surface area contributed by atoms with E-state index >= 15 is 0 Å². The third-order valence-electron chi connectivity index (χ3n) is 2.43. The number of terminal acetylenes is 2. The predicted octanol–water partition coefficient (Wildman–Crippen LogP) is 3.32. The number of rotatable bonds is 1. The molecule has 0 spiro atoms. The summed E-state index contributed by atoms with van der Waals surface area (Å²) in [7, 11) is 0. The number of hydrogen-bond donors (Lipinski definition) is 0. The maximum atomic E-state index is 5.48. The highest BCUT2D eigenvalue weighted by Gasteiger charge is 2.03. The lowest BCUT2D eigenvalue weighted by Gasteiger charge is -2.05. The Kier molecular flexibility index (Phi) is 2.77. The Morgan fingerprint density at radius 1 is 0.812 bits per heavy atom. The van der Waals surface area contributed by atoms with Gasteiger partial charge in [-0.05, 0) is 29.3 Å². The summed E-state index contributed by atoms with van der Waals surface area (Å²) in [5.41, 5.74) is 3.81. The van der Waals surface area contributed by atoms with Crippen molar-refractivity contribution in [3.05, 3.63) is 59.7 Å². The first-order valence-electron chi connectivity index (χ1n) is 4.98. The molecular weight excluding hydrogens is 192 g/mol. The normalized spacial score (nSPS) is 9.12. The van der Waals surface area contributed by atoms with E-state index in [9.17, 15) is 0 Å². The minimum absolute atomic E-state index is 0.845. The van der Waals surface area contributed by atoms with Gasteiger partial charge in [-0.1, -0.05) is 42.2 Å². The van der Waals surface area contributed by atoms with Gasteiger partial charge in [-0.15, -0.1) is 12.8 Å². The van der Waals surface area contributed by atoms with Crippen LogP contribution in [0.15, 0.2) is 48.5 Å². The van der Waals surface area contributed by atoms with Crippen LogP contribution in [0.5, 0.6) is 0 Å². The quantitative estimate of drug-likeness (QED) is 0.622. The van der Waals surface area contributed by atoms with E-state index in [0.29, 0.717) is 0 Å².